The zero-order valence-corrected chi connectivity index (χ0v) is 23.3. The SMILES string of the molecule is CC(C)(C)OC(=O)N[C@@H](Cc1ccccc1)C(=O)N1[C@@H](C(=O)OCc2ccccc2)[C@@H]1C(=O)OCc1ccccc1. The van der Waals surface area contributed by atoms with Gasteiger partial charge in [0.1, 0.15) is 24.9 Å². The van der Waals surface area contributed by atoms with Gasteiger partial charge in [-0.2, -0.15) is 0 Å². The number of hydrogen-bond donors (Lipinski definition) is 1. The van der Waals surface area contributed by atoms with E-state index in [-0.39, 0.29) is 19.6 Å². The normalized spacial score (nSPS) is 16.7. The molecule has 3 atom stereocenters. The molecular formula is C32H34N2O7. The number of esters is 2. The zero-order chi connectivity index (χ0) is 29.4. The highest BCUT2D eigenvalue weighted by Crippen LogP contribution is 2.33. The molecule has 1 saturated heterocycles. The average molecular weight is 559 g/mol. The van der Waals surface area contributed by atoms with Gasteiger partial charge in [0, 0.05) is 6.42 Å². The van der Waals surface area contributed by atoms with Crippen molar-refractivity contribution in [1.29, 1.82) is 0 Å². The van der Waals surface area contributed by atoms with Gasteiger partial charge in [0.25, 0.3) is 0 Å². The molecule has 1 N–H and O–H groups in total. The number of carbonyl (C=O) groups excluding carboxylic acids is 4. The van der Waals surface area contributed by atoms with E-state index in [4.69, 9.17) is 14.2 Å². The fourth-order valence-electron chi connectivity index (χ4n) is 4.30. The van der Waals surface area contributed by atoms with Crippen molar-refractivity contribution in [3.8, 4) is 0 Å². The minimum Gasteiger partial charge on any atom is -0.459 e. The number of hydrogen-bond acceptors (Lipinski definition) is 7. The third kappa shape index (κ3) is 8.41. The van der Waals surface area contributed by atoms with Crippen molar-refractivity contribution in [2.24, 2.45) is 0 Å². The Kier molecular flexibility index (Phi) is 9.39. The maximum Gasteiger partial charge on any atom is 0.408 e. The van der Waals surface area contributed by atoms with Gasteiger partial charge in [0.05, 0.1) is 0 Å². The van der Waals surface area contributed by atoms with Crippen molar-refractivity contribution >= 4 is 23.9 Å². The lowest BCUT2D eigenvalue weighted by atomic mass is 10.1. The predicted molar refractivity (Wildman–Crippen MR) is 150 cm³/mol. The standard InChI is InChI=1S/C32H34N2O7/c1-32(2,3)41-31(38)33-25(19-22-13-7-4-8-14-22)28(35)34-26(29(36)39-20-23-15-9-5-10-16-23)27(34)30(37)40-21-24-17-11-6-12-18-24/h4-18,25-27H,19-21H2,1-3H3,(H,33,38)/t25-,26+,27+/m0/s1. The first-order valence-corrected chi connectivity index (χ1v) is 13.4. The molecule has 1 aliphatic heterocycles. The van der Waals surface area contributed by atoms with Crippen molar-refractivity contribution in [2.75, 3.05) is 0 Å². The number of rotatable bonds is 10. The highest BCUT2D eigenvalue weighted by Gasteiger charge is 2.62. The minimum atomic E-state index is -1.19. The molecule has 1 aliphatic rings. The number of ether oxygens (including phenoxy) is 3. The third-order valence-corrected chi connectivity index (χ3v) is 6.27. The molecule has 0 aliphatic carbocycles. The molecule has 0 saturated carbocycles. The maximum atomic E-state index is 13.8. The molecule has 4 rings (SSSR count). The molecular weight excluding hydrogens is 524 g/mol. The Labute approximate surface area is 239 Å². The van der Waals surface area contributed by atoms with E-state index in [2.05, 4.69) is 5.32 Å². The van der Waals surface area contributed by atoms with Crippen LogP contribution in [0.2, 0.25) is 0 Å². The first-order valence-electron chi connectivity index (χ1n) is 13.4. The number of nitrogens with one attached hydrogen (secondary N) is 1. The van der Waals surface area contributed by atoms with Crippen molar-refractivity contribution < 1.29 is 33.4 Å². The lowest BCUT2D eigenvalue weighted by molar-refractivity contribution is -0.148. The van der Waals surface area contributed by atoms with Gasteiger partial charge in [-0.3, -0.25) is 4.79 Å². The quantitative estimate of drug-likeness (QED) is 0.226. The van der Waals surface area contributed by atoms with Gasteiger partial charge < -0.3 is 24.4 Å². The van der Waals surface area contributed by atoms with Gasteiger partial charge in [0.2, 0.25) is 5.91 Å². The zero-order valence-electron chi connectivity index (χ0n) is 23.3. The smallest absolute Gasteiger partial charge is 0.408 e. The molecule has 0 aromatic heterocycles. The van der Waals surface area contributed by atoms with E-state index in [0.717, 1.165) is 21.6 Å². The Hall–Kier alpha value is -4.66. The Balaban J connectivity index is 1.53. The van der Waals surface area contributed by atoms with Crippen molar-refractivity contribution in [1.82, 2.24) is 10.2 Å². The molecule has 1 fully saturated rings. The monoisotopic (exact) mass is 558 g/mol. The van der Waals surface area contributed by atoms with Crippen LogP contribution in [0.4, 0.5) is 4.79 Å². The highest BCUT2D eigenvalue weighted by atomic mass is 16.6. The van der Waals surface area contributed by atoms with Gasteiger partial charge in [-0.15, -0.1) is 0 Å². The van der Waals surface area contributed by atoms with Crippen molar-refractivity contribution in [2.45, 2.75) is 64.1 Å². The van der Waals surface area contributed by atoms with E-state index < -0.39 is 47.7 Å². The summed E-state index contributed by atoms with van der Waals surface area (Å²) in [5.74, 6) is -2.10. The largest absolute Gasteiger partial charge is 0.459 e. The summed E-state index contributed by atoms with van der Waals surface area (Å²) < 4.78 is 16.3. The molecule has 3 aromatic rings. The molecule has 41 heavy (non-hydrogen) atoms. The fraction of sp³-hybridized carbons (Fsp3) is 0.312. The summed E-state index contributed by atoms with van der Waals surface area (Å²) in [5.41, 5.74) is 1.50. The molecule has 3 aromatic carbocycles. The first kappa shape index (κ1) is 29.3. The second-order valence-electron chi connectivity index (χ2n) is 10.7. The van der Waals surface area contributed by atoms with E-state index in [9.17, 15) is 19.2 Å². The number of amides is 2. The predicted octanol–water partition coefficient (Wildman–Crippen LogP) is 4.19. The first-order chi connectivity index (χ1) is 19.6. The van der Waals surface area contributed by atoms with Gasteiger partial charge in [0.15, 0.2) is 12.1 Å². The topological polar surface area (TPSA) is 111 Å². The van der Waals surface area contributed by atoms with Crippen LogP contribution in [0.15, 0.2) is 91.0 Å². The molecule has 214 valence electrons. The van der Waals surface area contributed by atoms with Gasteiger partial charge in [-0.05, 0) is 37.5 Å². The second-order valence-corrected chi connectivity index (χ2v) is 10.7. The molecule has 0 bridgehead atoms. The Morgan fingerprint density at radius 1 is 0.707 bits per heavy atom. The Bertz CT molecular complexity index is 1280. The molecule has 2 amide bonds. The number of benzene rings is 3. The number of carbonyl (C=O) groups is 4. The lowest BCUT2D eigenvalue weighted by Gasteiger charge is -2.23. The maximum absolute atomic E-state index is 13.8. The fourth-order valence-corrected chi connectivity index (χ4v) is 4.30. The summed E-state index contributed by atoms with van der Waals surface area (Å²) in [4.78, 5) is 53.9. The highest BCUT2D eigenvalue weighted by molar-refractivity contribution is 6.02. The molecule has 1 heterocycles. The van der Waals surface area contributed by atoms with E-state index in [0.29, 0.717) is 0 Å². The van der Waals surface area contributed by atoms with Gasteiger partial charge >= 0.3 is 18.0 Å². The summed E-state index contributed by atoms with van der Waals surface area (Å²) in [6.07, 6.45) is -0.674. The van der Waals surface area contributed by atoms with E-state index in [1.807, 2.05) is 66.7 Å². The van der Waals surface area contributed by atoms with Crippen LogP contribution < -0.4 is 5.32 Å². The van der Waals surface area contributed by atoms with Crippen LogP contribution in [0, 0.1) is 0 Å². The molecule has 0 spiro atoms. The van der Waals surface area contributed by atoms with Crippen molar-refractivity contribution in [3.05, 3.63) is 108 Å². The summed E-state index contributed by atoms with van der Waals surface area (Å²) >= 11 is 0. The van der Waals surface area contributed by atoms with Crippen LogP contribution in [0.1, 0.15) is 37.5 Å². The van der Waals surface area contributed by atoms with Crippen LogP contribution in [0.25, 0.3) is 0 Å². The van der Waals surface area contributed by atoms with Crippen LogP contribution in [0.3, 0.4) is 0 Å². The summed E-state index contributed by atoms with van der Waals surface area (Å²) in [6, 6.07) is 23.8. The summed E-state index contributed by atoms with van der Waals surface area (Å²) in [6.45, 7) is 5.09. The molecule has 9 heteroatoms. The van der Waals surface area contributed by atoms with E-state index in [1.54, 1.807) is 45.0 Å². The molecule has 0 unspecified atom stereocenters. The Morgan fingerprint density at radius 3 is 1.54 bits per heavy atom. The number of alkyl carbamates (subject to hydrolysis) is 1. The molecule has 9 nitrogen and oxygen atoms in total. The molecule has 0 radical (unpaired) electrons. The van der Waals surface area contributed by atoms with Crippen molar-refractivity contribution in [3.63, 3.8) is 0 Å². The van der Waals surface area contributed by atoms with Crippen LogP contribution >= 0.6 is 0 Å². The van der Waals surface area contributed by atoms with Crippen LogP contribution in [0.5, 0.6) is 0 Å². The van der Waals surface area contributed by atoms with E-state index in [1.165, 1.54) is 0 Å². The van der Waals surface area contributed by atoms with Crippen LogP contribution in [-0.2, 0) is 48.2 Å². The summed E-state index contributed by atoms with van der Waals surface area (Å²) in [7, 11) is 0. The second kappa shape index (κ2) is 13.1. The van der Waals surface area contributed by atoms with Crippen LogP contribution in [-0.4, -0.2) is 52.6 Å². The average Bonchev–Trinajstić information content (AvgIpc) is 3.71. The van der Waals surface area contributed by atoms with Gasteiger partial charge in [-0.25, -0.2) is 14.4 Å². The van der Waals surface area contributed by atoms with E-state index >= 15 is 0 Å². The Morgan fingerprint density at radius 2 is 1.12 bits per heavy atom. The third-order valence-electron chi connectivity index (χ3n) is 6.27. The summed E-state index contributed by atoms with van der Waals surface area (Å²) in [5, 5.41) is 2.62. The van der Waals surface area contributed by atoms with Gasteiger partial charge in [-0.1, -0.05) is 91.0 Å². The lowest BCUT2D eigenvalue weighted by Crippen LogP contribution is -2.48. The minimum absolute atomic E-state index is 0.0202. The number of nitrogens with zero attached hydrogens (tertiary/aromatic N) is 1.